The van der Waals surface area contributed by atoms with Crippen molar-refractivity contribution in [1.29, 1.82) is 0 Å². The highest BCUT2D eigenvalue weighted by Crippen LogP contribution is 2.24. The Kier molecular flexibility index (Phi) is 9.29. The Labute approximate surface area is 218 Å². The van der Waals surface area contributed by atoms with E-state index in [1.807, 2.05) is 13.8 Å². The number of nitro groups is 1. The van der Waals surface area contributed by atoms with Crippen LogP contribution in [-0.4, -0.2) is 53.8 Å². The number of carbonyl (C=O) groups is 2. The van der Waals surface area contributed by atoms with Crippen molar-refractivity contribution in [3.63, 3.8) is 0 Å². The molecule has 0 aliphatic rings. The Hall–Kier alpha value is -3.42. The number of sulfonamides is 1. The first-order valence-electron chi connectivity index (χ1n) is 11.7. The molecule has 11 nitrogen and oxygen atoms in total. The van der Waals surface area contributed by atoms with Gasteiger partial charge in [0.2, 0.25) is 10.0 Å². The fourth-order valence-corrected chi connectivity index (χ4v) is 6.36. The number of rotatable bonds is 11. The molecule has 0 saturated heterocycles. The van der Waals surface area contributed by atoms with Crippen molar-refractivity contribution in [3.05, 3.63) is 62.9 Å². The van der Waals surface area contributed by atoms with Gasteiger partial charge in [-0.2, -0.15) is 9.30 Å². The number of esters is 1. The van der Waals surface area contributed by atoms with Crippen LogP contribution in [0.25, 0.3) is 10.2 Å². The number of hydrogen-bond donors (Lipinski definition) is 0. The lowest BCUT2D eigenvalue weighted by molar-refractivity contribution is -0.384. The van der Waals surface area contributed by atoms with Gasteiger partial charge in [0.25, 0.3) is 11.6 Å². The number of aromatic nitrogens is 1. The summed E-state index contributed by atoms with van der Waals surface area (Å²) in [6.07, 6.45) is 1.36. The molecule has 0 aliphatic heterocycles. The van der Waals surface area contributed by atoms with E-state index in [-0.39, 0.29) is 34.1 Å². The topological polar surface area (TPSA) is 141 Å². The van der Waals surface area contributed by atoms with Crippen molar-refractivity contribution in [2.45, 2.75) is 45.1 Å². The molecule has 0 unspecified atom stereocenters. The number of nitro benzene ring substituents is 1. The second-order valence-electron chi connectivity index (χ2n) is 8.03. The second-order valence-corrected chi connectivity index (χ2v) is 11.0. The van der Waals surface area contributed by atoms with Crippen LogP contribution in [0, 0.1) is 10.1 Å². The average Bonchev–Trinajstić information content (AvgIpc) is 3.19. The van der Waals surface area contributed by atoms with Gasteiger partial charge >= 0.3 is 5.97 Å². The summed E-state index contributed by atoms with van der Waals surface area (Å²) in [6, 6.07) is 9.68. The van der Waals surface area contributed by atoms with E-state index in [2.05, 4.69) is 4.99 Å². The van der Waals surface area contributed by atoms with Gasteiger partial charge in [-0.25, -0.2) is 8.42 Å². The van der Waals surface area contributed by atoms with Gasteiger partial charge in [0.05, 0.1) is 26.6 Å². The summed E-state index contributed by atoms with van der Waals surface area (Å²) >= 11 is 1.02. The van der Waals surface area contributed by atoms with Crippen molar-refractivity contribution < 1.29 is 27.7 Å². The molecule has 3 aromatic rings. The molecule has 0 saturated carbocycles. The van der Waals surface area contributed by atoms with E-state index in [0.717, 1.165) is 11.3 Å². The lowest BCUT2D eigenvalue weighted by Crippen LogP contribution is -2.32. The van der Waals surface area contributed by atoms with E-state index >= 15 is 0 Å². The molecule has 37 heavy (non-hydrogen) atoms. The highest BCUT2D eigenvalue weighted by molar-refractivity contribution is 7.89. The number of ether oxygens (including phenoxy) is 1. The van der Waals surface area contributed by atoms with Gasteiger partial charge in [-0.1, -0.05) is 25.2 Å². The lowest BCUT2D eigenvalue weighted by atomic mass is 10.2. The van der Waals surface area contributed by atoms with Gasteiger partial charge in [-0.3, -0.25) is 19.7 Å². The van der Waals surface area contributed by atoms with Crippen LogP contribution in [-0.2, 0) is 26.1 Å². The number of carbonyl (C=O) groups excluding carboxylic acids is 2. The molecule has 0 radical (unpaired) electrons. The highest BCUT2D eigenvalue weighted by atomic mass is 32.2. The maximum Gasteiger partial charge on any atom is 0.326 e. The minimum Gasteiger partial charge on any atom is -0.465 e. The Morgan fingerprint density at radius 3 is 2.30 bits per heavy atom. The van der Waals surface area contributed by atoms with Crippen molar-refractivity contribution in [1.82, 2.24) is 8.87 Å². The van der Waals surface area contributed by atoms with Crippen molar-refractivity contribution in [2.75, 3.05) is 19.7 Å². The maximum atomic E-state index is 13.0. The minimum absolute atomic E-state index is 0.0810. The van der Waals surface area contributed by atoms with Gasteiger partial charge in [0.1, 0.15) is 6.54 Å². The average molecular weight is 549 g/mol. The summed E-state index contributed by atoms with van der Waals surface area (Å²) in [5, 5.41) is 11.2. The van der Waals surface area contributed by atoms with E-state index in [9.17, 15) is 28.1 Å². The zero-order chi connectivity index (χ0) is 27.2. The molecule has 2 aromatic carbocycles. The molecule has 13 heteroatoms. The summed E-state index contributed by atoms with van der Waals surface area (Å²) in [4.78, 5) is 40.2. The van der Waals surface area contributed by atoms with Gasteiger partial charge in [-0.05, 0) is 50.1 Å². The summed E-state index contributed by atoms with van der Waals surface area (Å²) in [5.41, 5.74) is 0.512. The van der Waals surface area contributed by atoms with Crippen LogP contribution in [0.5, 0.6) is 0 Å². The van der Waals surface area contributed by atoms with E-state index < -0.39 is 26.8 Å². The highest BCUT2D eigenvalue weighted by Gasteiger charge is 2.23. The van der Waals surface area contributed by atoms with Crippen LogP contribution < -0.4 is 4.80 Å². The van der Waals surface area contributed by atoms with Gasteiger partial charge < -0.3 is 9.30 Å². The zero-order valence-corrected chi connectivity index (χ0v) is 22.4. The summed E-state index contributed by atoms with van der Waals surface area (Å²) in [7, 11) is -3.70. The lowest BCUT2D eigenvalue weighted by Gasteiger charge is -2.21. The predicted molar refractivity (Wildman–Crippen MR) is 139 cm³/mol. The fraction of sp³-hybridized carbons (Fsp3) is 0.375. The Bertz CT molecular complexity index is 1470. The molecule has 0 aliphatic carbocycles. The predicted octanol–water partition coefficient (Wildman–Crippen LogP) is 3.73. The SMILES string of the molecule is CCCN(CCC)S(=O)(=O)c1ccc(C(=O)N=c2sc3cc([N+](=O)[O-])ccc3n2CC(=O)OCC)cc1. The van der Waals surface area contributed by atoms with Crippen LogP contribution >= 0.6 is 11.3 Å². The smallest absolute Gasteiger partial charge is 0.326 e. The Morgan fingerprint density at radius 2 is 1.73 bits per heavy atom. The molecule has 3 rings (SSSR count). The first-order chi connectivity index (χ1) is 17.6. The van der Waals surface area contributed by atoms with Crippen LogP contribution in [0.3, 0.4) is 0 Å². The molecule has 0 atom stereocenters. The van der Waals surface area contributed by atoms with Crippen LogP contribution in [0.15, 0.2) is 52.4 Å². The number of nitrogens with zero attached hydrogens (tertiary/aromatic N) is 4. The largest absolute Gasteiger partial charge is 0.465 e. The molecule has 1 heterocycles. The van der Waals surface area contributed by atoms with E-state index in [1.54, 1.807) is 6.92 Å². The molecular weight excluding hydrogens is 520 g/mol. The fourth-order valence-electron chi connectivity index (χ4n) is 3.67. The van der Waals surface area contributed by atoms with E-state index in [0.29, 0.717) is 36.1 Å². The summed E-state index contributed by atoms with van der Waals surface area (Å²) in [6.45, 7) is 6.21. The molecular formula is C24H28N4O7S2. The third-order valence-electron chi connectivity index (χ3n) is 5.35. The quantitative estimate of drug-likeness (QED) is 0.202. The molecule has 0 bridgehead atoms. The van der Waals surface area contributed by atoms with Crippen LogP contribution in [0.1, 0.15) is 44.0 Å². The standard InChI is InChI=1S/C24H28N4O7S2/c1-4-13-26(14-5-2)37(33,34)19-10-7-17(8-11-19)23(30)25-24-27(16-22(29)35-6-3)20-12-9-18(28(31)32)15-21(20)36-24/h7-12,15H,4-6,13-14,16H2,1-3H3. The number of benzene rings is 2. The van der Waals surface area contributed by atoms with Gasteiger partial charge in [-0.15, -0.1) is 0 Å². The van der Waals surface area contributed by atoms with Crippen molar-refractivity contribution in [3.8, 4) is 0 Å². The molecule has 0 fully saturated rings. The molecule has 0 spiro atoms. The number of fused-ring (bicyclic) bond motifs is 1. The number of amides is 1. The Morgan fingerprint density at radius 1 is 1.08 bits per heavy atom. The molecule has 1 amide bonds. The molecule has 198 valence electrons. The monoisotopic (exact) mass is 548 g/mol. The van der Waals surface area contributed by atoms with E-state index in [4.69, 9.17) is 4.74 Å². The third kappa shape index (κ3) is 6.48. The summed E-state index contributed by atoms with van der Waals surface area (Å²) < 4.78 is 34.3. The first kappa shape index (κ1) is 28.2. The maximum absolute atomic E-state index is 13.0. The van der Waals surface area contributed by atoms with Crippen molar-refractivity contribution in [2.24, 2.45) is 4.99 Å². The number of non-ortho nitro benzene ring substituents is 1. The van der Waals surface area contributed by atoms with E-state index in [1.165, 1.54) is 51.3 Å². The normalized spacial score (nSPS) is 12.3. The van der Waals surface area contributed by atoms with Gasteiger partial charge in [0.15, 0.2) is 4.80 Å². The minimum atomic E-state index is -3.70. The number of thiazole rings is 1. The van der Waals surface area contributed by atoms with Gasteiger partial charge in [0, 0.05) is 30.8 Å². The molecule has 1 aromatic heterocycles. The van der Waals surface area contributed by atoms with Crippen molar-refractivity contribution >= 4 is 49.1 Å². The van der Waals surface area contributed by atoms with Crippen LogP contribution in [0.2, 0.25) is 0 Å². The second kappa shape index (κ2) is 12.2. The third-order valence-corrected chi connectivity index (χ3v) is 8.31. The molecule has 0 N–H and O–H groups in total. The Balaban J connectivity index is 2.00. The summed E-state index contributed by atoms with van der Waals surface area (Å²) in [5.74, 6) is -1.20. The first-order valence-corrected chi connectivity index (χ1v) is 14.0. The number of hydrogen-bond acceptors (Lipinski definition) is 8. The van der Waals surface area contributed by atoms with Crippen LogP contribution in [0.4, 0.5) is 5.69 Å². The zero-order valence-electron chi connectivity index (χ0n) is 20.7.